The first-order valence-corrected chi connectivity index (χ1v) is 11.7. The van der Waals surface area contributed by atoms with Crippen LogP contribution >= 0.6 is 11.3 Å². The first-order chi connectivity index (χ1) is 15.1. The third-order valence-electron chi connectivity index (χ3n) is 6.45. The lowest BCUT2D eigenvalue weighted by Crippen LogP contribution is -2.29. The topological polar surface area (TPSA) is 79.5 Å². The van der Waals surface area contributed by atoms with Gasteiger partial charge >= 0.3 is 0 Å². The second kappa shape index (κ2) is 8.40. The molecule has 1 fully saturated rings. The molecule has 5 rings (SSSR count). The Balaban J connectivity index is 1.19. The average molecular weight is 435 g/mol. The van der Waals surface area contributed by atoms with Crippen molar-refractivity contribution in [2.24, 2.45) is 5.73 Å². The van der Waals surface area contributed by atoms with Crippen LogP contribution in [0, 0.1) is 0 Å². The van der Waals surface area contributed by atoms with Gasteiger partial charge in [0.05, 0.1) is 4.88 Å². The van der Waals surface area contributed by atoms with Gasteiger partial charge in [0.2, 0.25) is 5.91 Å². The number of pyridine rings is 1. The van der Waals surface area contributed by atoms with E-state index in [4.69, 9.17) is 5.73 Å². The zero-order valence-corrected chi connectivity index (χ0v) is 18.2. The zero-order valence-electron chi connectivity index (χ0n) is 17.4. The van der Waals surface area contributed by atoms with Gasteiger partial charge in [0.1, 0.15) is 4.83 Å². The molecule has 2 aliphatic heterocycles. The van der Waals surface area contributed by atoms with Gasteiger partial charge in [0.25, 0.3) is 5.91 Å². The monoisotopic (exact) mass is 434 g/mol. The summed E-state index contributed by atoms with van der Waals surface area (Å²) in [6, 6.07) is 12.4. The molecule has 2 aliphatic rings. The van der Waals surface area contributed by atoms with Gasteiger partial charge in [-0.1, -0.05) is 30.3 Å². The van der Waals surface area contributed by atoms with Crippen LogP contribution in [-0.2, 0) is 17.9 Å². The number of likely N-dealkylation sites (tertiary alicyclic amines) is 1. The number of thiophene rings is 1. The highest BCUT2D eigenvalue weighted by molar-refractivity contribution is 7.20. The van der Waals surface area contributed by atoms with E-state index in [0.717, 1.165) is 54.8 Å². The number of amides is 2. The van der Waals surface area contributed by atoms with E-state index in [1.165, 1.54) is 22.5 Å². The number of carbonyl (C=O) groups excluding carboxylic acids is 2. The number of fused-ring (bicyclic) bond motifs is 2. The Morgan fingerprint density at radius 1 is 1.13 bits per heavy atom. The van der Waals surface area contributed by atoms with Gasteiger partial charge in [-0.25, -0.2) is 4.98 Å². The van der Waals surface area contributed by atoms with E-state index in [0.29, 0.717) is 17.8 Å². The maximum Gasteiger partial charge on any atom is 0.259 e. The number of hydrogen-bond acceptors (Lipinski definition) is 5. The highest BCUT2D eigenvalue weighted by atomic mass is 32.1. The molecule has 0 saturated carbocycles. The van der Waals surface area contributed by atoms with Gasteiger partial charge in [-0.05, 0) is 42.1 Å². The number of rotatable bonds is 6. The smallest absolute Gasteiger partial charge is 0.259 e. The lowest BCUT2D eigenvalue weighted by atomic mass is 9.95. The standard InChI is InChI=1S/C24H26N4O2S/c25-23(30)22-21(19-7-3-10-26-24(19)31-22)18-9-12-28(15-18)20(29)8-4-11-27-13-16-5-1-2-6-17(16)14-27/h1-3,5-7,10,18H,4,8-9,11-15H2,(H2,25,30)/t18-/m0/s1. The Morgan fingerprint density at radius 3 is 2.65 bits per heavy atom. The van der Waals surface area contributed by atoms with Gasteiger partial charge < -0.3 is 10.6 Å². The van der Waals surface area contributed by atoms with Gasteiger partial charge in [-0.3, -0.25) is 14.5 Å². The van der Waals surface area contributed by atoms with Crippen LogP contribution < -0.4 is 5.73 Å². The summed E-state index contributed by atoms with van der Waals surface area (Å²) in [5.74, 6) is -0.0654. The molecule has 0 bridgehead atoms. The van der Waals surface area contributed by atoms with Gasteiger partial charge in [-0.2, -0.15) is 0 Å². The number of aromatic nitrogens is 1. The third-order valence-corrected chi connectivity index (χ3v) is 7.59. The van der Waals surface area contributed by atoms with Crippen molar-refractivity contribution in [1.29, 1.82) is 0 Å². The van der Waals surface area contributed by atoms with Crippen LogP contribution in [0.2, 0.25) is 0 Å². The van der Waals surface area contributed by atoms with Crippen LogP contribution in [0.25, 0.3) is 10.2 Å². The number of benzene rings is 1. The molecule has 31 heavy (non-hydrogen) atoms. The van der Waals surface area contributed by atoms with Crippen molar-refractivity contribution in [1.82, 2.24) is 14.8 Å². The van der Waals surface area contributed by atoms with Crippen molar-refractivity contribution >= 4 is 33.4 Å². The van der Waals surface area contributed by atoms with Crippen molar-refractivity contribution in [2.75, 3.05) is 19.6 Å². The summed E-state index contributed by atoms with van der Waals surface area (Å²) >= 11 is 1.36. The summed E-state index contributed by atoms with van der Waals surface area (Å²) in [4.78, 5) is 35.0. The van der Waals surface area contributed by atoms with E-state index in [9.17, 15) is 9.59 Å². The lowest BCUT2D eigenvalue weighted by Gasteiger charge is -2.19. The second-order valence-electron chi connectivity index (χ2n) is 8.47. The fourth-order valence-electron chi connectivity index (χ4n) is 4.94. The molecule has 6 nitrogen and oxygen atoms in total. The van der Waals surface area contributed by atoms with Gasteiger partial charge in [0, 0.05) is 50.1 Å². The van der Waals surface area contributed by atoms with E-state index in [2.05, 4.69) is 34.1 Å². The molecular weight excluding hydrogens is 408 g/mol. The second-order valence-corrected chi connectivity index (χ2v) is 9.47. The van der Waals surface area contributed by atoms with Crippen molar-refractivity contribution < 1.29 is 9.59 Å². The molecule has 1 saturated heterocycles. The van der Waals surface area contributed by atoms with Crippen LogP contribution in [0.4, 0.5) is 0 Å². The Morgan fingerprint density at radius 2 is 1.90 bits per heavy atom. The van der Waals surface area contributed by atoms with E-state index in [1.807, 2.05) is 17.0 Å². The summed E-state index contributed by atoms with van der Waals surface area (Å²) < 4.78 is 0. The Hall–Kier alpha value is -2.77. The van der Waals surface area contributed by atoms with E-state index in [-0.39, 0.29) is 11.8 Å². The summed E-state index contributed by atoms with van der Waals surface area (Å²) in [7, 11) is 0. The minimum absolute atomic E-state index is 0.137. The van der Waals surface area contributed by atoms with Gasteiger partial charge in [0.15, 0.2) is 0 Å². The van der Waals surface area contributed by atoms with Crippen LogP contribution in [0.1, 0.15) is 51.5 Å². The maximum atomic E-state index is 12.8. The average Bonchev–Trinajstić information content (AvgIpc) is 3.49. The SMILES string of the molecule is NC(=O)c1sc2ncccc2c1[C@H]1CCN(C(=O)CCCN2Cc3ccccc3C2)C1. The largest absolute Gasteiger partial charge is 0.365 e. The first-order valence-electron chi connectivity index (χ1n) is 10.8. The number of nitrogens with two attached hydrogens (primary N) is 1. The normalized spacial score (nSPS) is 18.6. The lowest BCUT2D eigenvalue weighted by molar-refractivity contribution is -0.130. The van der Waals surface area contributed by atoms with E-state index < -0.39 is 5.91 Å². The molecule has 1 aromatic carbocycles. The highest BCUT2D eigenvalue weighted by Crippen LogP contribution is 2.39. The molecular formula is C24H26N4O2S. The van der Waals surface area contributed by atoms with Crippen molar-refractivity contribution in [3.05, 3.63) is 64.2 Å². The quantitative estimate of drug-likeness (QED) is 0.644. The van der Waals surface area contributed by atoms with Crippen molar-refractivity contribution in [3.8, 4) is 0 Å². The number of hydrogen-bond donors (Lipinski definition) is 1. The predicted molar refractivity (Wildman–Crippen MR) is 122 cm³/mol. The van der Waals surface area contributed by atoms with E-state index >= 15 is 0 Å². The molecule has 2 aromatic heterocycles. The third kappa shape index (κ3) is 3.95. The Bertz CT molecular complexity index is 1120. The molecule has 2 N–H and O–H groups in total. The molecule has 0 unspecified atom stereocenters. The summed E-state index contributed by atoms with van der Waals surface area (Å²) in [6.07, 6.45) is 4.02. The Labute approximate surface area is 185 Å². The summed E-state index contributed by atoms with van der Waals surface area (Å²) in [5, 5.41) is 0.995. The first kappa shape index (κ1) is 20.2. The minimum Gasteiger partial charge on any atom is -0.365 e. The molecule has 0 spiro atoms. The Kier molecular flexibility index (Phi) is 5.46. The van der Waals surface area contributed by atoms with Crippen molar-refractivity contribution in [2.45, 2.75) is 38.3 Å². The minimum atomic E-state index is -0.408. The molecule has 1 atom stereocenters. The predicted octanol–water partition coefficient (Wildman–Crippen LogP) is 3.51. The van der Waals surface area contributed by atoms with Gasteiger partial charge in [-0.15, -0.1) is 11.3 Å². The highest BCUT2D eigenvalue weighted by Gasteiger charge is 2.32. The molecule has 3 aromatic rings. The van der Waals surface area contributed by atoms with Crippen LogP contribution in [0.15, 0.2) is 42.6 Å². The van der Waals surface area contributed by atoms with Crippen LogP contribution in [0.5, 0.6) is 0 Å². The summed E-state index contributed by atoms with van der Waals surface area (Å²) in [6.45, 7) is 4.27. The van der Waals surface area contributed by atoms with Crippen LogP contribution in [0.3, 0.4) is 0 Å². The molecule has 7 heteroatoms. The number of nitrogens with zero attached hydrogens (tertiary/aromatic N) is 3. The molecule has 0 aliphatic carbocycles. The van der Waals surface area contributed by atoms with Crippen molar-refractivity contribution in [3.63, 3.8) is 0 Å². The fourth-order valence-corrected chi connectivity index (χ4v) is 6.02. The molecule has 4 heterocycles. The zero-order chi connectivity index (χ0) is 21.4. The van der Waals surface area contributed by atoms with E-state index in [1.54, 1.807) is 6.20 Å². The summed E-state index contributed by atoms with van der Waals surface area (Å²) in [5.41, 5.74) is 9.44. The number of primary amides is 1. The molecule has 160 valence electrons. The number of carbonyl (C=O) groups is 2. The molecule has 2 amide bonds. The molecule has 0 radical (unpaired) electrons. The fraction of sp³-hybridized carbons (Fsp3) is 0.375. The maximum absolute atomic E-state index is 12.8. The van der Waals surface area contributed by atoms with Crippen LogP contribution in [-0.4, -0.2) is 46.2 Å².